The second-order valence-electron chi connectivity index (χ2n) is 3.46. The lowest BCUT2D eigenvalue weighted by Gasteiger charge is -2.07. The fourth-order valence-electron chi connectivity index (χ4n) is 1.40. The van der Waals surface area contributed by atoms with Crippen LogP contribution in [0.25, 0.3) is 0 Å². The number of nitrogens with zero attached hydrogens (tertiary/aromatic N) is 1. The van der Waals surface area contributed by atoms with Gasteiger partial charge in [0.2, 0.25) is 0 Å². The zero-order chi connectivity index (χ0) is 11.4. The molecule has 0 fully saturated rings. The average Bonchev–Trinajstić information content (AvgIpc) is 2.18. The van der Waals surface area contributed by atoms with Crippen molar-refractivity contribution < 1.29 is 9.90 Å². The molecular formula is C11H14N2O2. The first-order valence-electron chi connectivity index (χ1n) is 4.60. The zero-order valence-corrected chi connectivity index (χ0v) is 8.82. The highest BCUT2D eigenvalue weighted by molar-refractivity contribution is 6.09. The molecule has 80 valence electrons. The quantitative estimate of drug-likeness (QED) is 0.446. The van der Waals surface area contributed by atoms with E-state index in [2.05, 4.69) is 5.10 Å². The summed E-state index contributed by atoms with van der Waals surface area (Å²) in [4.78, 5) is 10.6. The number of hydrazone groups is 1. The third kappa shape index (κ3) is 2.80. The van der Waals surface area contributed by atoms with Crippen LogP contribution in [0.1, 0.15) is 23.1 Å². The van der Waals surface area contributed by atoms with E-state index in [1.165, 1.54) is 0 Å². The fraction of sp³-hybridized carbons (Fsp3) is 0.273. The van der Waals surface area contributed by atoms with Gasteiger partial charge in [0.05, 0.1) is 12.1 Å². The van der Waals surface area contributed by atoms with Gasteiger partial charge in [-0.1, -0.05) is 17.7 Å². The van der Waals surface area contributed by atoms with Gasteiger partial charge < -0.3 is 10.9 Å². The molecule has 0 aliphatic rings. The molecule has 0 heterocycles. The fourth-order valence-corrected chi connectivity index (χ4v) is 1.40. The molecule has 0 aliphatic heterocycles. The number of benzene rings is 1. The van der Waals surface area contributed by atoms with Crippen LogP contribution in [0.3, 0.4) is 0 Å². The molecular weight excluding hydrogens is 192 g/mol. The highest BCUT2D eigenvalue weighted by Crippen LogP contribution is 2.13. The lowest BCUT2D eigenvalue weighted by molar-refractivity contribution is -0.135. The minimum atomic E-state index is -0.930. The highest BCUT2D eigenvalue weighted by Gasteiger charge is 2.11. The van der Waals surface area contributed by atoms with E-state index in [4.69, 9.17) is 10.9 Å². The SMILES string of the molecule is Cc1ccc(C)c(/C(CC(=O)O)=N\N)c1. The van der Waals surface area contributed by atoms with E-state index in [1.807, 2.05) is 32.0 Å². The molecule has 0 saturated heterocycles. The average molecular weight is 206 g/mol. The zero-order valence-electron chi connectivity index (χ0n) is 8.82. The largest absolute Gasteiger partial charge is 0.481 e. The Bertz CT molecular complexity index is 411. The molecule has 0 radical (unpaired) electrons. The Labute approximate surface area is 88.4 Å². The normalized spacial score (nSPS) is 11.5. The Balaban J connectivity index is 3.12. The van der Waals surface area contributed by atoms with Gasteiger partial charge in [-0.05, 0) is 25.5 Å². The van der Waals surface area contributed by atoms with Crippen molar-refractivity contribution in [3.05, 3.63) is 34.9 Å². The third-order valence-electron chi connectivity index (χ3n) is 2.18. The van der Waals surface area contributed by atoms with Gasteiger partial charge in [-0.2, -0.15) is 5.10 Å². The molecule has 0 aliphatic carbocycles. The second kappa shape index (κ2) is 4.59. The summed E-state index contributed by atoms with van der Waals surface area (Å²) in [6, 6.07) is 5.79. The molecule has 0 saturated carbocycles. The van der Waals surface area contributed by atoms with Crippen LogP contribution in [0.2, 0.25) is 0 Å². The summed E-state index contributed by atoms with van der Waals surface area (Å²) >= 11 is 0. The number of carboxylic acid groups (broad SMARTS) is 1. The first kappa shape index (κ1) is 11.2. The molecule has 1 aromatic carbocycles. The van der Waals surface area contributed by atoms with Crippen LogP contribution in [0.15, 0.2) is 23.3 Å². The molecule has 0 amide bonds. The van der Waals surface area contributed by atoms with Crippen LogP contribution in [0.4, 0.5) is 0 Å². The first-order chi connectivity index (χ1) is 7.04. The Morgan fingerprint density at radius 2 is 2.13 bits per heavy atom. The Kier molecular flexibility index (Phi) is 3.44. The molecule has 0 unspecified atom stereocenters. The van der Waals surface area contributed by atoms with E-state index in [1.54, 1.807) is 0 Å². The van der Waals surface area contributed by atoms with Gasteiger partial charge >= 0.3 is 5.97 Å². The van der Waals surface area contributed by atoms with Crippen LogP contribution in [-0.2, 0) is 4.79 Å². The summed E-state index contributed by atoms with van der Waals surface area (Å²) < 4.78 is 0. The molecule has 0 aromatic heterocycles. The summed E-state index contributed by atoms with van der Waals surface area (Å²) in [6.45, 7) is 3.85. The van der Waals surface area contributed by atoms with Crippen molar-refractivity contribution in [2.45, 2.75) is 20.3 Å². The molecule has 3 N–H and O–H groups in total. The van der Waals surface area contributed by atoms with Crippen LogP contribution in [0, 0.1) is 13.8 Å². The molecule has 0 bridgehead atoms. The summed E-state index contributed by atoms with van der Waals surface area (Å²) in [5.74, 6) is 4.27. The van der Waals surface area contributed by atoms with E-state index in [9.17, 15) is 4.79 Å². The number of nitrogens with two attached hydrogens (primary N) is 1. The molecule has 1 aromatic rings. The minimum absolute atomic E-state index is 0.152. The van der Waals surface area contributed by atoms with E-state index >= 15 is 0 Å². The van der Waals surface area contributed by atoms with E-state index in [0.717, 1.165) is 16.7 Å². The Morgan fingerprint density at radius 1 is 1.47 bits per heavy atom. The number of aliphatic carboxylic acids is 1. The predicted molar refractivity (Wildman–Crippen MR) is 58.9 cm³/mol. The lowest BCUT2D eigenvalue weighted by Crippen LogP contribution is -2.12. The van der Waals surface area contributed by atoms with Gasteiger partial charge in [-0.25, -0.2) is 0 Å². The van der Waals surface area contributed by atoms with Gasteiger partial charge in [0.25, 0.3) is 0 Å². The summed E-state index contributed by atoms with van der Waals surface area (Å²) in [7, 11) is 0. The van der Waals surface area contributed by atoms with Crippen LogP contribution < -0.4 is 5.84 Å². The maximum Gasteiger partial charge on any atom is 0.309 e. The Hall–Kier alpha value is -1.84. The molecule has 4 heteroatoms. The van der Waals surface area contributed by atoms with Gasteiger partial charge in [0.1, 0.15) is 0 Å². The maximum absolute atomic E-state index is 10.6. The number of carboxylic acids is 1. The first-order valence-corrected chi connectivity index (χ1v) is 4.60. The smallest absolute Gasteiger partial charge is 0.309 e. The van der Waals surface area contributed by atoms with Crippen molar-refractivity contribution in [2.75, 3.05) is 0 Å². The molecule has 4 nitrogen and oxygen atoms in total. The highest BCUT2D eigenvalue weighted by atomic mass is 16.4. The van der Waals surface area contributed by atoms with Crippen molar-refractivity contribution in [2.24, 2.45) is 10.9 Å². The standard InChI is InChI=1S/C11H14N2O2/c1-7-3-4-8(2)9(5-7)10(13-12)6-11(14)15/h3-5H,6,12H2,1-2H3,(H,14,15)/b13-10-. The monoisotopic (exact) mass is 206 g/mol. The van der Waals surface area contributed by atoms with E-state index in [0.29, 0.717) is 5.71 Å². The van der Waals surface area contributed by atoms with Gasteiger partial charge in [0.15, 0.2) is 0 Å². The number of hydrogen-bond acceptors (Lipinski definition) is 3. The van der Waals surface area contributed by atoms with Crippen molar-refractivity contribution in [1.29, 1.82) is 0 Å². The van der Waals surface area contributed by atoms with Crippen molar-refractivity contribution in [3.8, 4) is 0 Å². The van der Waals surface area contributed by atoms with Crippen molar-refractivity contribution in [3.63, 3.8) is 0 Å². The van der Waals surface area contributed by atoms with Gasteiger partial charge in [0, 0.05) is 5.56 Å². The summed E-state index contributed by atoms with van der Waals surface area (Å²) in [5.41, 5.74) is 3.25. The van der Waals surface area contributed by atoms with Gasteiger partial charge in [-0.3, -0.25) is 4.79 Å². The number of aryl methyl sites for hydroxylation is 2. The van der Waals surface area contributed by atoms with E-state index < -0.39 is 5.97 Å². The maximum atomic E-state index is 10.6. The Morgan fingerprint density at radius 3 is 2.67 bits per heavy atom. The molecule has 15 heavy (non-hydrogen) atoms. The number of carbonyl (C=O) groups is 1. The minimum Gasteiger partial charge on any atom is -0.481 e. The van der Waals surface area contributed by atoms with Crippen LogP contribution >= 0.6 is 0 Å². The summed E-state index contributed by atoms with van der Waals surface area (Å²) in [6.07, 6.45) is -0.152. The van der Waals surface area contributed by atoms with E-state index in [-0.39, 0.29) is 6.42 Å². The second-order valence-corrected chi connectivity index (χ2v) is 3.46. The third-order valence-corrected chi connectivity index (χ3v) is 2.18. The molecule has 1 rings (SSSR count). The predicted octanol–water partition coefficient (Wildman–Crippen LogP) is 1.44. The van der Waals surface area contributed by atoms with Crippen molar-refractivity contribution in [1.82, 2.24) is 0 Å². The number of rotatable bonds is 3. The topological polar surface area (TPSA) is 75.7 Å². The molecule has 0 atom stereocenters. The lowest BCUT2D eigenvalue weighted by atomic mass is 10.00. The van der Waals surface area contributed by atoms with Gasteiger partial charge in [-0.15, -0.1) is 0 Å². The van der Waals surface area contributed by atoms with Crippen LogP contribution in [-0.4, -0.2) is 16.8 Å². The number of hydrogen-bond donors (Lipinski definition) is 2. The van der Waals surface area contributed by atoms with Crippen molar-refractivity contribution >= 4 is 11.7 Å². The van der Waals surface area contributed by atoms with Crippen LogP contribution in [0.5, 0.6) is 0 Å². The molecule has 0 spiro atoms. The summed E-state index contributed by atoms with van der Waals surface area (Å²) in [5, 5.41) is 12.2.